The minimum atomic E-state index is -0.380. The summed E-state index contributed by atoms with van der Waals surface area (Å²) in [6.07, 6.45) is 0.535. The standard InChI is InChI=1S/C11H11Cl2N5OS/c1-18-8(16-17-11(18)20)4-5-14-10(19)9-6(12)2-3-7(13)15-9/h2-3H,4-5H2,1H3,(H,14,19)(H,17,20). The van der Waals surface area contributed by atoms with Gasteiger partial charge < -0.3 is 9.88 Å². The molecular formula is C11H11Cl2N5OS. The van der Waals surface area contributed by atoms with Gasteiger partial charge in [-0.3, -0.25) is 9.89 Å². The van der Waals surface area contributed by atoms with Gasteiger partial charge in [-0.25, -0.2) is 4.98 Å². The molecule has 0 fully saturated rings. The lowest BCUT2D eigenvalue weighted by Gasteiger charge is -2.06. The van der Waals surface area contributed by atoms with E-state index in [2.05, 4.69) is 20.5 Å². The van der Waals surface area contributed by atoms with Gasteiger partial charge in [-0.2, -0.15) is 5.10 Å². The maximum absolute atomic E-state index is 11.9. The highest BCUT2D eigenvalue weighted by atomic mass is 35.5. The molecule has 9 heteroatoms. The average molecular weight is 332 g/mol. The summed E-state index contributed by atoms with van der Waals surface area (Å²) in [5.74, 6) is 0.370. The third-order valence-electron chi connectivity index (χ3n) is 2.63. The molecule has 0 saturated carbocycles. The van der Waals surface area contributed by atoms with E-state index < -0.39 is 0 Å². The Hall–Kier alpha value is -1.44. The van der Waals surface area contributed by atoms with Crippen LogP contribution >= 0.6 is 35.4 Å². The number of H-pyrrole nitrogens is 1. The van der Waals surface area contributed by atoms with Crippen LogP contribution in [0.5, 0.6) is 0 Å². The van der Waals surface area contributed by atoms with Crippen molar-refractivity contribution in [1.82, 2.24) is 25.1 Å². The molecule has 0 radical (unpaired) electrons. The van der Waals surface area contributed by atoms with Crippen LogP contribution in [0.3, 0.4) is 0 Å². The Morgan fingerprint density at radius 3 is 2.90 bits per heavy atom. The second-order valence-electron chi connectivity index (χ2n) is 3.97. The predicted octanol–water partition coefficient (Wildman–Crippen LogP) is 2.15. The molecule has 0 bridgehead atoms. The van der Waals surface area contributed by atoms with Crippen molar-refractivity contribution in [2.24, 2.45) is 7.05 Å². The Balaban J connectivity index is 1.97. The van der Waals surface area contributed by atoms with Gasteiger partial charge in [0.25, 0.3) is 5.91 Å². The number of halogens is 2. The number of nitrogens with zero attached hydrogens (tertiary/aromatic N) is 3. The number of hydrogen-bond acceptors (Lipinski definition) is 4. The zero-order valence-corrected chi connectivity index (χ0v) is 12.8. The summed E-state index contributed by atoms with van der Waals surface area (Å²) in [6.45, 7) is 0.386. The molecule has 0 unspecified atom stereocenters. The maximum Gasteiger partial charge on any atom is 0.271 e. The first-order chi connectivity index (χ1) is 9.49. The number of aromatic amines is 1. The first-order valence-corrected chi connectivity index (χ1v) is 6.86. The molecule has 0 aliphatic heterocycles. The van der Waals surface area contributed by atoms with Gasteiger partial charge in [0.1, 0.15) is 16.7 Å². The highest BCUT2D eigenvalue weighted by molar-refractivity contribution is 7.71. The van der Waals surface area contributed by atoms with E-state index in [-0.39, 0.29) is 21.8 Å². The van der Waals surface area contributed by atoms with Crippen molar-refractivity contribution in [1.29, 1.82) is 0 Å². The van der Waals surface area contributed by atoms with E-state index in [4.69, 9.17) is 35.4 Å². The van der Waals surface area contributed by atoms with Crippen molar-refractivity contribution in [3.05, 3.63) is 38.6 Å². The molecule has 2 rings (SSSR count). The Kier molecular flexibility index (Phi) is 4.74. The quantitative estimate of drug-likeness (QED) is 0.664. The Bertz CT molecular complexity index is 696. The molecule has 0 atom stereocenters. The fourth-order valence-electron chi connectivity index (χ4n) is 1.55. The van der Waals surface area contributed by atoms with Crippen LogP contribution in [0.1, 0.15) is 16.3 Å². The van der Waals surface area contributed by atoms with E-state index in [1.54, 1.807) is 11.6 Å². The van der Waals surface area contributed by atoms with Crippen molar-refractivity contribution in [3.63, 3.8) is 0 Å². The minimum Gasteiger partial charge on any atom is -0.350 e. The van der Waals surface area contributed by atoms with Crippen LogP contribution in [0, 0.1) is 4.77 Å². The fraction of sp³-hybridized carbons (Fsp3) is 0.273. The van der Waals surface area contributed by atoms with Crippen LogP contribution in [0.15, 0.2) is 12.1 Å². The van der Waals surface area contributed by atoms with E-state index in [9.17, 15) is 4.79 Å². The van der Waals surface area contributed by atoms with E-state index in [1.165, 1.54) is 12.1 Å². The van der Waals surface area contributed by atoms with Crippen LogP contribution in [-0.2, 0) is 13.5 Å². The van der Waals surface area contributed by atoms with Gasteiger partial charge in [-0.15, -0.1) is 0 Å². The van der Waals surface area contributed by atoms with Crippen molar-refractivity contribution in [2.75, 3.05) is 6.54 Å². The summed E-state index contributed by atoms with van der Waals surface area (Å²) in [6, 6.07) is 3.05. The number of nitrogens with one attached hydrogen (secondary N) is 2. The molecule has 2 N–H and O–H groups in total. The summed E-state index contributed by atoms with van der Waals surface area (Å²) >= 11 is 16.6. The highest BCUT2D eigenvalue weighted by Gasteiger charge is 2.12. The SMILES string of the molecule is Cn1c(CCNC(=O)c2nc(Cl)ccc2Cl)n[nH]c1=S. The molecule has 106 valence electrons. The maximum atomic E-state index is 11.9. The molecule has 1 amide bonds. The lowest BCUT2D eigenvalue weighted by molar-refractivity contribution is 0.0949. The molecule has 0 aromatic carbocycles. The minimum absolute atomic E-state index is 0.106. The average Bonchev–Trinajstić information content (AvgIpc) is 2.73. The lowest BCUT2D eigenvalue weighted by atomic mass is 10.3. The van der Waals surface area contributed by atoms with Gasteiger partial charge in [-0.05, 0) is 24.4 Å². The molecule has 6 nitrogen and oxygen atoms in total. The van der Waals surface area contributed by atoms with Gasteiger partial charge in [0.15, 0.2) is 4.77 Å². The van der Waals surface area contributed by atoms with Crippen LogP contribution in [0.2, 0.25) is 10.2 Å². The van der Waals surface area contributed by atoms with Crippen LogP contribution in [0.25, 0.3) is 0 Å². The number of amides is 1. The van der Waals surface area contributed by atoms with Gasteiger partial charge >= 0.3 is 0 Å². The van der Waals surface area contributed by atoms with Crippen molar-refractivity contribution < 1.29 is 4.79 Å². The second-order valence-corrected chi connectivity index (χ2v) is 5.16. The van der Waals surface area contributed by atoms with E-state index in [0.29, 0.717) is 17.7 Å². The molecule has 20 heavy (non-hydrogen) atoms. The first kappa shape index (κ1) is 15.0. The number of carbonyl (C=O) groups excluding carboxylic acids is 1. The molecule has 2 heterocycles. The Morgan fingerprint density at radius 2 is 2.25 bits per heavy atom. The molecular weight excluding hydrogens is 321 g/mol. The van der Waals surface area contributed by atoms with E-state index in [1.807, 2.05) is 0 Å². The van der Waals surface area contributed by atoms with Crippen molar-refractivity contribution >= 4 is 41.3 Å². The molecule has 0 saturated heterocycles. The summed E-state index contributed by atoms with van der Waals surface area (Å²) < 4.78 is 2.28. The van der Waals surface area contributed by atoms with E-state index in [0.717, 1.165) is 5.82 Å². The summed E-state index contributed by atoms with van der Waals surface area (Å²) in [5, 5.41) is 9.90. The normalized spacial score (nSPS) is 10.6. The molecule has 0 spiro atoms. The number of aromatic nitrogens is 4. The number of pyridine rings is 1. The molecule has 2 aromatic heterocycles. The predicted molar refractivity (Wildman–Crippen MR) is 78.7 cm³/mol. The Labute approximate surface area is 130 Å². The van der Waals surface area contributed by atoms with Gasteiger partial charge in [0.05, 0.1) is 5.02 Å². The zero-order chi connectivity index (χ0) is 14.7. The first-order valence-electron chi connectivity index (χ1n) is 5.69. The van der Waals surface area contributed by atoms with Crippen molar-refractivity contribution in [3.8, 4) is 0 Å². The number of rotatable bonds is 4. The summed E-state index contributed by atoms with van der Waals surface area (Å²) in [5.41, 5.74) is 0.106. The number of hydrogen-bond donors (Lipinski definition) is 2. The third kappa shape index (κ3) is 3.36. The van der Waals surface area contributed by atoms with Gasteiger partial charge in [0, 0.05) is 20.0 Å². The second kappa shape index (κ2) is 6.34. The van der Waals surface area contributed by atoms with Crippen LogP contribution < -0.4 is 5.32 Å². The van der Waals surface area contributed by atoms with E-state index >= 15 is 0 Å². The molecule has 0 aliphatic rings. The topological polar surface area (TPSA) is 75.6 Å². The van der Waals surface area contributed by atoms with Gasteiger partial charge in [0.2, 0.25) is 0 Å². The monoisotopic (exact) mass is 331 g/mol. The molecule has 0 aliphatic carbocycles. The molecule has 2 aromatic rings. The largest absolute Gasteiger partial charge is 0.350 e. The lowest BCUT2D eigenvalue weighted by Crippen LogP contribution is -2.27. The third-order valence-corrected chi connectivity index (χ3v) is 3.51. The highest BCUT2D eigenvalue weighted by Crippen LogP contribution is 2.16. The Morgan fingerprint density at radius 1 is 1.50 bits per heavy atom. The summed E-state index contributed by atoms with van der Waals surface area (Å²) in [4.78, 5) is 15.8. The van der Waals surface area contributed by atoms with Gasteiger partial charge in [-0.1, -0.05) is 23.2 Å². The van der Waals surface area contributed by atoms with Crippen LogP contribution in [-0.4, -0.2) is 32.2 Å². The summed E-state index contributed by atoms with van der Waals surface area (Å²) in [7, 11) is 1.80. The smallest absolute Gasteiger partial charge is 0.271 e. The fourth-order valence-corrected chi connectivity index (χ4v) is 2.04. The van der Waals surface area contributed by atoms with Crippen LogP contribution in [0.4, 0.5) is 0 Å². The van der Waals surface area contributed by atoms with Crippen molar-refractivity contribution in [2.45, 2.75) is 6.42 Å². The number of carbonyl (C=O) groups is 1. The zero-order valence-electron chi connectivity index (χ0n) is 10.5.